The smallest absolute Gasteiger partial charge is 0.437 e. The van der Waals surface area contributed by atoms with Gasteiger partial charge in [-0.2, -0.15) is 4.68 Å². The van der Waals surface area contributed by atoms with Gasteiger partial charge < -0.3 is 9.15 Å². The number of benzene rings is 2. The maximum atomic E-state index is 12.9. The van der Waals surface area contributed by atoms with Crippen molar-refractivity contribution in [2.45, 2.75) is 11.4 Å². The highest BCUT2D eigenvalue weighted by atomic mass is 32.2. The van der Waals surface area contributed by atoms with E-state index >= 15 is 0 Å². The maximum Gasteiger partial charge on any atom is 0.437 e. The quantitative estimate of drug-likeness (QED) is 0.691. The summed E-state index contributed by atoms with van der Waals surface area (Å²) in [7, 11) is -3.76. The molecule has 0 aliphatic rings. The van der Waals surface area contributed by atoms with Crippen molar-refractivity contribution < 1.29 is 22.0 Å². The molecule has 0 fully saturated rings. The van der Waals surface area contributed by atoms with Gasteiger partial charge in [0.1, 0.15) is 18.2 Å². The van der Waals surface area contributed by atoms with Gasteiger partial charge in [0.05, 0.1) is 11.4 Å². The Morgan fingerprint density at radius 3 is 2.38 bits per heavy atom. The van der Waals surface area contributed by atoms with Gasteiger partial charge in [-0.3, -0.25) is 0 Å². The molecule has 136 valence electrons. The van der Waals surface area contributed by atoms with E-state index in [0.29, 0.717) is 11.3 Å². The van der Waals surface area contributed by atoms with Crippen LogP contribution in [-0.4, -0.2) is 24.8 Å². The zero-order chi connectivity index (χ0) is 18.7. The van der Waals surface area contributed by atoms with Crippen LogP contribution < -0.4 is 15.6 Å². The molecular formula is C16H14FN3O5S. The fourth-order valence-electron chi connectivity index (χ4n) is 2.13. The van der Waals surface area contributed by atoms with Gasteiger partial charge in [0.2, 0.25) is 15.9 Å². The van der Waals surface area contributed by atoms with Crippen LogP contribution in [0.5, 0.6) is 5.75 Å². The van der Waals surface area contributed by atoms with Crippen molar-refractivity contribution in [1.82, 2.24) is 9.78 Å². The molecule has 0 amide bonds. The van der Waals surface area contributed by atoms with Crippen LogP contribution in [0.4, 0.5) is 4.39 Å². The molecule has 2 N–H and O–H groups in total. The number of nitrogens with two attached hydrogens (primary N) is 1. The molecule has 0 unspecified atom stereocenters. The van der Waals surface area contributed by atoms with Gasteiger partial charge in [-0.05, 0) is 48.5 Å². The number of aromatic nitrogens is 2. The third-order valence-corrected chi connectivity index (χ3v) is 4.35. The van der Waals surface area contributed by atoms with Crippen LogP contribution in [0, 0.1) is 5.82 Å². The number of halogens is 1. The second-order valence-corrected chi connectivity index (χ2v) is 6.83. The highest BCUT2D eigenvalue weighted by Crippen LogP contribution is 2.16. The highest BCUT2D eigenvalue weighted by molar-refractivity contribution is 7.89. The summed E-state index contributed by atoms with van der Waals surface area (Å²) in [6, 6.07) is 10.9. The van der Waals surface area contributed by atoms with Gasteiger partial charge in [0.25, 0.3) is 0 Å². The van der Waals surface area contributed by atoms with E-state index in [1.807, 2.05) is 0 Å². The molecule has 0 aliphatic carbocycles. The SMILES string of the molecule is NS(=O)(=O)c1ccc(OCCn2nc(-c3ccc(F)cc3)oc2=O)cc1. The lowest BCUT2D eigenvalue weighted by Gasteiger charge is -2.06. The molecule has 0 bridgehead atoms. The first-order valence-electron chi connectivity index (χ1n) is 7.42. The van der Waals surface area contributed by atoms with E-state index in [1.54, 1.807) is 0 Å². The maximum absolute atomic E-state index is 12.9. The van der Waals surface area contributed by atoms with Crippen LogP contribution in [0.2, 0.25) is 0 Å². The fraction of sp³-hybridized carbons (Fsp3) is 0.125. The Morgan fingerprint density at radius 2 is 1.77 bits per heavy atom. The number of ether oxygens (including phenoxy) is 1. The largest absolute Gasteiger partial charge is 0.492 e. The number of hydrogen-bond donors (Lipinski definition) is 1. The third-order valence-electron chi connectivity index (χ3n) is 3.42. The number of rotatable bonds is 6. The summed E-state index contributed by atoms with van der Waals surface area (Å²) in [5.74, 6) is -0.588. The molecule has 0 spiro atoms. The van der Waals surface area contributed by atoms with E-state index in [1.165, 1.54) is 48.5 Å². The van der Waals surface area contributed by atoms with Crippen molar-refractivity contribution in [2.75, 3.05) is 6.61 Å². The minimum Gasteiger partial charge on any atom is -0.492 e. The topological polar surface area (TPSA) is 117 Å². The minimum atomic E-state index is -3.76. The molecule has 10 heteroatoms. The summed E-state index contributed by atoms with van der Waals surface area (Å²) in [5, 5.41) is 9.04. The summed E-state index contributed by atoms with van der Waals surface area (Å²) in [6.45, 7) is 0.213. The lowest BCUT2D eigenvalue weighted by Crippen LogP contribution is -2.20. The standard InChI is InChI=1S/C16H14FN3O5S/c17-12-3-1-11(2-4-12)15-19-20(16(21)25-15)9-10-24-13-5-7-14(8-6-13)26(18,22)23/h1-8H,9-10H2,(H2,18,22,23). The van der Waals surface area contributed by atoms with Gasteiger partial charge in [-0.1, -0.05) is 0 Å². The molecule has 3 aromatic rings. The van der Waals surface area contributed by atoms with Gasteiger partial charge >= 0.3 is 5.76 Å². The second-order valence-electron chi connectivity index (χ2n) is 5.27. The molecule has 3 rings (SSSR count). The van der Waals surface area contributed by atoms with E-state index in [0.717, 1.165) is 4.68 Å². The molecule has 1 aromatic heterocycles. The molecule has 0 radical (unpaired) electrons. The Balaban J connectivity index is 1.63. The lowest BCUT2D eigenvalue weighted by atomic mass is 10.2. The average Bonchev–Trinajstić information content (AvgIpc) is 2.96. The number of hydrogen-bond acceptors (Lipinski definition) is 6. The van der Waals surface area contributed by atoms with E-state index in [2.05, 4.69) is 5.10 Å². The van der Waals surface area contributed by atoms with Crippen LogP contribution in [0.3, 0.4) is 0 Å². The summed E-state index contributed by atoms with van der Waals surface area (Å²) in [4.78, 5) is 11.8. The zero-order valence-electron chi connectivity index (χ0n) is 13.3. The Hall–Kier alpha value is -2.98. The Labute approximate surface area is 147 Å². The van der Waals surface area contributed by atoms with Crippen LogP contribution in [0.15, 0.2) is 62.6 Å². The van der Waals surface area contributed by atoms with Crippen LogP contribution in [0.25, 0.3) is 11.5 Å². The summed E-state index contributed by atoms with van der Waals surface area (Å²) in [5.41, 5.74) is 0.474. The minimum absolute atomic E-state index is 0.0264. The number of nitrogens with zero attached hydrogens (tertiary/aromatic N) is 2. The Bertz CT molecular complexity index is 1060. The van der Waals surface area contributed by atoms with Gasteiger partial charge in [0.15, 0.2) is 0 Å². The lowest BCUT2D eigenvalue weighted by molar-refractivity contribution is 0.285. The molecule has 1 heterocycles. The van der Waals surface area contributed by atoms with Crippen molar-refractivity contribution in [3.8, 4) is 17.2 Å². The van der Waals surface area contributed by atoms with Gasteiger partial charge in [-0.15, -0.1) is 5.10 Å². The van der Waals surface area contributed by atoms with E-state index < -0.39 is 21.6 Å². The van der Waals surface area contributed by atoms with Crippen molar-refractivity contribution in [1.29, 1.82) is 0 Å². The first kappa shape index (κ1) is 17.8. The molecule has 0 saturated heterocycles. The van der Waals surface area contributed by atoms with Crippen molar-refractivity contribution in [3.63, 3.8) is 0 Å². The zero-order valence-corrected chi connectivity index (χ0v) is 14.1. The fourth-order valence-corrected chi connectivity index (χ4v) is 2.65. The summed E-state index contributed by atoms with van der Waals surface area (Å²) >= 11 is 0. The van der Waals surface area contributed by atoms with E-state index in [-0.39, 0.29) is 23.9 Å². The van der Waals surface area contributed by atoms with Crippen molar-refractivity contribution in [3.05, 3.63) is 64.9 Å². The van der Waals surface area contributed by atoms with Gasteiger partial charge in [0, 0.05) is 5.56 Å². The number of primary sulfonamides is 1. The predicted molar refractivity (Wildman–Crippen MR) is 89.5 cm³/mol. The summed E-state index contributed by atoms with van der Waals surface area (Å²) < 4.78 is 46.8. The monoisotopic (exact) mass is 379 g/mol. The third kappa shape index (κ3) is 4.16. The van der Waals surface area contributed by atoms with E-state index in [4.69, 9.17) is 14.3 Å². The Kier molecular flexibility index (Phi) is 4.87. The molecule has 0 atom stereocenters. The molecule has 0 aliphatic heterocycles. The van der Waals surface area contributed by atoms with Crippen molar-refractivity contribution >= 4 is 10.0 Å². The molecule has 0 saturated carbocycles. The van der Waals surface area contributed by atoms with Crippen LogP contribution in [0.1, 0.15) is 0 Å². The van der Waals surface area contributed by atoms with Crippen molar-refractivity contribution in [2.24, 2.45) is 5.14 Å². The number of sulfonamides is 1. The second kappa shape index (κ2) is 7.10. The molecule has 8 nitrogen and oxygen atoms in total. The highest BCUT2D eigenvalue weighted by Gasteiger charge is 2.11. The first-order chi connectivity index (χ1) is 12.3. The molecule has 26 heavy (non-hydrogen) atoms. The molecule has 2 aromatic carbocycles. The van der Waals surface area contributed by atoms with Crippen LogP contribution in [-0.2, 0) is 16.6 Å². The van der Waals surface area contributed by atoms with Gasteiger partial charge in [-0.25, -0.2) is 22.7 Å². The first-order valence-corrected chi connectivity index (χ1v) is 8.97. The Morgan fingerprint density at radius 1 is 1.12 bits per heavy atom. The van der Waals surface area contributed by atoms with E-state index in [9.17, 15) is 17.6 Å². The van der Waals surface area contributed by atoms with Crippen LogP contribution >= 0.6 is 0 Å². The normalized spacial score (nSPS) is 11.5. The predicted octanol–water partition coefficient (Wildman–Crippen LogP) is 1.37. The molecular weight excluding hydrogens is 365 g/mol. The summed E-state index contributed by atoms with van der Waals surface area (Å²) in [6.07, 6.45) is 0. The average molecular weight is 379 g/mol.